The highest BCUT2D eigenvalue weighted by Crippen LogP contribution is 2.37. The molecular weight excluding hydrogens is 340 g/mol. The van der Waals surface area contributed by atoms with Crippen LogP contribution in [0.3, 0.4) is 0 Å². The fourth-order valence-electron chi connectivity index (χ4n) is 2.87. The monoisotopic (exact) mass is 364 g/mol. The third-order valence-electron chi connectivity index (χ3n) is 4.63. The molecule has 1 aliphatic carbocycles. The van der Waals surface area contributed by atoms with Crippen molar-refractivity contribution in [2.24, 2.45) is 11.7 Å². The van der Waals surface area contributed by atoms with Crippen LogP contribution in [0.15, 0.2) is 28.8 Å². The number of aryl methyl sites for hydroxylation is 1. The Hall–Kier alpha value is -1.92. The maximum absolute atomic E-state index is 12.5. The molecule has 1 saturated carbocycles. The van der Waals surface area contributed by atoms with E-state index in [4.69, 9.17) is 10.3 Å². The number of carbonyl (C=O) groups is 1. The summed E-state index contributed by atoms with van der Waals surface area (Å²) in [5.41, 5.74) is 7.44. The molecule has 0 aliphatic heterocycles. The van der Waals surface area contributed by atoms with Crippen molar-refractivity contribution in [2.45, 2.75) is 51.6 Å². The molecule has 136 valence electrons. The molecule has 0 bridgehead atoms. The van der Waals surface area contributed by atoms with E-state index in [2.05, 4.69) is 15.5 Å². The number of benzene rings is 1. The number of hydrogen-bond acceptors (Lipinski definition) is 5. The average molecular weight is 365 g/mol. The first-order chi connectivity index (χ1) is 11.4. The second-order valence-corrected chi connectivity index (χ2v) is 7.03. The molecule has 0 saturated heterocycles. The molecule has 0 radical (unpaired) electrons. The molecule has 6 nitrogen and oxygen atoms in total. The van der Waals surface area contributed by atoms with Crippen molar-refractivity contribution in [1.82, 2.24) is 15.5 Å². The maximum atomic E-state index is 12.5. The van der Waals surface area contributed by atoms with Crippen molar-refractivity contribution in [3.8, 4) is 0 Å². The third kappa shape index (κ3) is 4.02. The van der Waals surface area contributed by atoms with Gasteiger partial charge in [0.1, 0.15) is 6.04 Å². The molecule has 1 aromatic heterocycles. The van der Waals surface area contributed by atoms with Gasteiger partial charge in [-0.2, -0.15) is 4.98 Å². The number of carbonyl (C=O) groups excluding carboxylic acids is 1. The van der Waals surface area contributed by atoms with Gasteiger partial charge in [0, 0.05) is 5.56 Å². The molecule has 1 unspecified atom stereocenters. The Balaban J connectivity index is 0.00000225. The smallest absolute Gasteiger partial charge is 0.251 e. The Morgan fingerprint density at radius 1 is 1.36 bits per heavy atom. The van der Waals surface area contributed by atoms with Crippen LogP contribution in [0, 0.1) is 12.8 Å². The predicted octanol–water partition coefficient (Wildman–Crippen LogP) is 3.26. The lowest BCUT2D eigenvalue weighted by atomic mass is 9.77. The number of nitrogens with zero attached hydrogens (tertiary/aromatic N) is 2. The number of nitrogens with one attached hydrogen (secondary N) is 1. The molecule has 0 spiro atoms. The van der Waals surface area contributed by atoms with Crippen LogP contribution in [0.5, 0.6) is 0 Å². The summed E-state index contributed by atoms with van der Waals surface area (Å²) in [4.78, 5) is 17.0. The van der Waals surface area contributed by atoms with Crippen molar-refractivity contribution >= 4 is 18.3 Å². The first-order valence-electron chi connectivity index (χ1n) is 8.39. The summed E-state index contributed by atoms with van der Waals surface area (Å²) in [5, 5.41) is 7.05. The van der Waals surface area contributed by atoms with Crippen LogP contribution >= 0.6 is 12.4 Å². The Kier molecular flexibility index (Phi) is 5.85. The molecule has 7 heteroatoms. The number of hydrogen-bond donors (Lipinski definition) is 2. The zero-order valence-corrected chi connectivity index (χ0v) is 15.6. The van der Waals surface area contributed by atoms with Gasteiger partial charge in [-0.1, -0.05) is 36.7 Å². The van der Waals surface area contributed by atoms with Gasteiger partial charge in [0.15, 0.2) is 5.82 Å². The van der Waals surface area contributed by atoms with E-state index in [1.54, 1.807) is 6.07 Å². The topological polar surface area (TPSA) is 94.0 Å². The van der Waals surface area contributed by atoms with E-state index in [-0.39, 0.29) is 30.3 Å². The van der Waals surface area contributed by atoms with Crippen molar-refractivity contribution < 1.29 is 9.32 Å². The van der Waals surface area contributed by atoms with Crippen molar-refractivity contribution in [3.63, 3.8) is 0 Å². The quantitative estimate of drug-likeness (QED) is 0.849. The van der Waals surface area contributed by atoms with Crippen molar-refractivity contribution in [1.29, 1.82) is 0 Å². The van der Waals surface area contributed by atoms with E-state index in [0.717, 1.165) is 24.8 Å². The van der Waals surface area contributed by atoms with Gasteiger partial charge in [-0.05, 0) is 44.2 Å². The van der Waals surface area contributed by atoms with Crippen LogP contribution < -0.4 is 11.1 Å². The fraction of sp³-hybridized carbons (Fsp3) is 0.500. The van der Waals surface area contributed by atoms with E-state index in [1.807, 2.05) is 39.0 Å². The lowest BCUT2D eigenvalue weighted by molar-refractivity contribution is 0.0914. The molecule has 3 N–H and O–H groups in total. The highest BCUT2D eigenvalue weighted by atomic mass is 35.5. The van der Waals surface area contributed by atoms with Gasteiger partial charge in [-0.25, -0.2) is 0 Å². The summed E-state index contributed by atoms with van der Waals surface area (Å²) in [6, 6.07) is 7.13. The Morgan fingerprint density at radius 3 is 2.64 bits per heavy atom. The maximum Gasteiger partial charge on any atom is 0.251 e. The van der Waals surface area contributed by atoms with Crippen LogP contribution in [0.25, 0.3) is 0 Å². The van der Waals surface area contributed by atoms with E-state index in [1.165, 1.54) is 0 Å². The van der Waals surface area contributed by atoms with Gasteiger partial charge in [-0.3, -0.25) is 4.79 Å². The molecule has 3 rings (SSSR count). The van der Waals surface area contributed by atoms with Crippen LogP contribution in [0.2, 0.25) is 0 Å². The van der Waals surface area contributed by atoms with Gasteiger partial charge < -0.3 is 15.6 Å². The molecule has 2 aromatic rings. The molecule has 1 fully saturated rings. The summed E-state index contributed by atoms with van der Waals surface area (Å²) in [7, 11) is 0. The molecule has 1 atom stereocenters. The fourth-order valence-corrected chi connectivity index (χ4v) is 2.87. The van der Waals surface area contributed by atoms with Gasteiger partial charge in [0.25, 0.3) is 5.91 Å². The van der Waals surface area contributed by atoms with Crippen LogP contribution in [0.1, 0.15) is 66.8 Å². The van der Waals surface area contributed by atoms with E-state index in [0.29, 0.717) is 17.3 Å². The van der Waals surface area contributed by atoms with E-state index in [9.17, 15) is 4.79 Å². The Bertz CT molecular complexity index is 740. The summed E-state index contributed by atoms with van der Waals surface area (Å²) >= 11 is 0. The highest BCUT2D eigenvalue weighted by molar-refractivity contribution is 5.94. The second-order valence-electron chi connectivity index (χ2n) is 7.03. The molecule has 1 heterocycles. The zero-order valence-electron chi connectivity index (χ0n) is 14.8. The van der Waals surface area contributed by atoms with E-state index < -0.39 is 5.54 Å². The third-order valence-corrected chi connectivity index (χ3v) is 4.63. The molecule has 1 aromatic carbocycles. The Morgan fingerprint density at radius 2 is 2.08 bits per heavy atom. The predicted molar refractivity (Wildman–Crippen MR) is 97.5 cm³/mol. The lowest BCUT2D eigenvalue weighted by Gasteiger charge is -2.34. The minimum absolute atomic E-state index is 0. The molecular formula is C18H25ClN4O2. The van der Waals surface area contributed by atoms with Gasteiger partial charge in [0.2, 0.25) is 5.89 Å². The second kappa shape index (κ2) is 7.54. The number of aromatic nitrogens is 2. The number of halogens is 1. The average Bonchev–Trinajstić information content (AvgIpc) is 2.99. The normalized spacial score (nSPS) is 16.7. The summed E-state index contributed by atoms with van der Waals surface area (Å²) in [6.07, 6.45) is 2.82. The summed E-state index contributed by atoms with van der Waals surface area (Å²) < 4.78 is 5.41. The SMILES string of the molecule is Cc1cccc(C(=O)NC(c2nc(C3(N)CCC3)no2)C(C)C)c1.Cl. The van der Waals surface area contributed by atoms with Crippen LogP contribution in [-0.4, -0.2) is 16.0 Å². The summed E-state index contributed by atoms with van der Waals surface area (Å²) in [6.45, 7) is 5.97. The largest absolute Gasteiger partial charge is 0.340 e. The lowest BCUT2D eigenvalue weighted by Crippen LogP contribution is -2.44. The first kappa shape index (κ1) is 19.4. The molecule has 1 amide bonds. The molecule has 1 aliphatic rings. The van der Waals surface area contributed by atoms with Crippen molar-refractivity contribution in [2.75, 3.05) is 0 Å². The standard InChI is InChI=1S/C18H24N4O2.ClH/c1-11(2)14(20-15(23)13-7-4-6-12(3)10-13)16-21-17(22-24-16)18(19)8-5-9-18;/h4,6-7,10-11,14H,5,8-9,19H2,1-3H3,(H,20,23);1H. The first-order valence-corrected chi connectivity index (χ1v) is 8.39. The molecule has 25 heavy (non-hydrogen) atoms. The zero-order chi connectivity index (χ0) is 17.3. The van der Waals surface area contributed by atoms with Gasteiger partial charge >= 0.3 is 0 Å². The van der Waals surface area contributed by atoms with Gasteiger partial charge in [-0.15, -0.1) is 12.4 Å². The Labute approximate surface area is 154 Å². The summed E-state index contributed by atoms with van der Waals surface area (Å²) in [5.74, 6) is 0.919. The van der Waals surface area contributed by atoms with E-state index >= 15 is 0 Å². The number of amides is 1. The van der Waals surface area contributed by atoms with Crippen LogP contribution in [0.4, 0.5) is 0 Å². The van der Waals surface area contributed by atoms with Gasteiger partial charge in [0.05, 0.1) is 5.54 Å². The van der Waals surface area contributed by atoms with Crippen LogP contribution in [-0.2, 0) is 5.54 Å². The number of nitrogens with two attached hydrogens (primary N) is 1. The number of rotatable bonds is 5. The van der Waals surface area contributed by atoms with Crippen molar-refractivity contribution in [3.05, 3.63) is 47.1 Å². The highest BCUT2D eigenvalue weighted by Gasteiger charge is 2.39. The minimum atomic E-state index is -0.468. The minimum Gasteiger partial charge on any atom is -0.340 e.